The quantitative estimate of drug-likeness (QED) is 0.867. The summed E-state index contributed by atoms with van der Waals surface area (Å²) in [7, 11) is 0. The molecule has 1 heterocycles. The summed E-state index contributed by atoms with van der Waals surface area (Å²) in [6, 6.07) is 2.44. The molecule has 1 aliphatic heterocycles. The van der Waals surface area contributed by atoms with E-state index < -0.39 is 17.6 Å². The maximum atomic E-state index is 13.9. The molecule has 0 aliphatic carbocycles. The maximum absolute atomic E-state index is 13.9. The van der Waals surface area contributed by atoms with Crippen molar-refractivity contribution in [3.05, 3.63) is 41.6 Å². The predicted molar refractivity (Wildman–Crippen MR) is 65.2 cm³/mol. The highest BCUT2D eigenvalue weighted by Crippen LogP contribution is 2.30. The van der Waals surface area contributed by atoms with E-state index in [1.807, 2.05) is 0 Å². The summed E-state index contributed by atoms with van der Waals surface area (Å²) >= 11 is 0. The standard InChI is InChI=1S/C13H14F2N2O/c1-7(2)17-9-4-10(14)13(11(15)5-9)8-3-12(18)16-6-8/h4-5,8,17H,1,3,6H2,2H3,(H,16,18)/t8-/m0/s1. The Morgan fingerprint density at radius 2 is 2.06 bits per heavy atom. The topological polar surface area (TPSA) is 41.1 Å². The maximum Gasteiger partial charge on any atom is 0.220 e. The fraction of sp³-hybridized carbons (Fsp3) is 0.308. The number of allylic oxidation sites excluding steroid dienone is 1. The highest BCUT2D eigenvalue weighted by atomic mass is 19.1. The number of hydrogen-bond acceptors (Lipinski definition) is 2. The Balaban J connectivity index is 2.32. The Morgan fingerprint density at radius 3 is 2.50 bits per heavy atom. The molecular formula is C13H14F2N2O. The molecule has 0 spiro atoms. The van der Waals surface area contributed by atoms with Crippen LogP contribution in [0.2, 0.25) is 0 Å². The van der Waals surface area contributed by atoms with Gasteiger partial charge in [0.15, 0.2) is 0 Å². The minimum absolute atomic E-state index is 0.0272. The smallest absolute Gasteiger partial charge is 0.220 e. The lowest BCUT2D eigenvalue weighted by Crippen LogP contribution is -2.14. The van der Waals surface area contributed by atoms with Crippen LogP contribution in [-0.4, -0.2) is 12.5 Å². The van der Waals surface area contributed by atoms with Crippen LogP contribution in [0.15, 0.2) is 24.4 Å². The summed E-state index contributed by atoms with van der Waals surface area (Å²) < 4.78 is 27.8. The fourth-order valence-electron chi connectivity index (χ4n) is 2.10. The summed E-state index contributed by atoms with van der Waals surface area (Å²) in [5, 5.41) is 5.32. The van der Waals surface area contributed by atoms with Crippen LogP contribution in [0.4, 0.5) is 14.5 Å². The normalized spacial score (nSPS) is 18.6. The van der Waals surface area contributed by atoms with E-state index in [9.17, 15) is 13.6 Å². The molecule has 0 saturated carbocycles. The third-order valence-electron chi connectivity index (χ3n) is 2.82. The van der Waals surface area contributed by atoms with Crippen LogP contribution in [-0.2, 0) is 4.79 Å². The zero-order valence-corrected chi connectivity index (χ0v) is 10.0. The van der Waals surface area contributed by atoms with Crippen LogP contribution in [0, 0.1) is 11.6 Å². The van der Waals surface area contributed by atoms with Crippen molar-refractivity contribution in [1.82, 2.24) is 5.32 Å². The summed E-state index contributed by atoms with van der Waals surface area (Å²) in [6.07, 6.45) is 0.126. The first-order valence-corrected chi connectivity index (χ1v) is 5.65. The van der Waals surface area contributed by atoms with Gasteiger partial charge in [0, 0.05) is 35.8 Å². The number of halogens is 2. The number of carbonyl (C=O) groups excluding carboxylic acids is 1. The molecule has 3 nitrogen and oxygen atoms in total. The van der Waals surface area contributed by atoms with Crippen molar-refractivity contribution >= 4 is 11.6 Å². The number of amides is 1. The molecular weight excluding hydrogens is 238 g/mol. The van der Waals surface area contributed by atoms with Crippen molar-refractivity contribution in [2.45, 2.75) is 19.3 Å². The van der Waals surface area contributed by atoms with Gasteiger partial charge in [-0.25, -0.2) is 8.78 Å². The van der Waals surface area contributed by atoms with Gasteiger partial charge in [0.2, 0.25) is 5.91 Å². The van der Waals surface area contributed by atoms with E-state index in [0.29, 0.717) is 11.4 Å². The molecule has 1 amide bonds. The third-order valence-corrected chi connectivity index (χ3v) is 2.82. The van der Waals surface area contributed by atoms with Gasteiger partial charge in [0.1, 0.15) is 11.6 Å². The van der Waals surface area contributed by atoms with Crippen molar-refractivity contribution in [1.29, 1.82) is 0 Å². The van der Waals surface area contributed by atoms with Crippen molar-refractivity contribution in [2.24, 2.45) is 0 Å². The van der Waals surface area contributed by atoms with E-state index in [-0.39, 0.29) is 24.4 Å². The second-order valence-corrected chi connectivity index (χ2v) is 4.46. The highest BCUT2D eigenvalue weighted by Gasteiger charge is 2.28. The van der Waals surface area contributed by atoms with Gasteiger partial charge in [-0.05, 0) is 19.1 Å². The van der Waals surface area contributed by atoms with E-state index in [2.05, 4.69) is 17.2 Å². The monoisotopic (exact) mass is 252 g/mol. The molecule has 96 valence electrons. The van der Waals surface area contributed by atoms with Crippen LogP contribution in [0.1, 0.15) is 24.8 Å². The summed E-state index contributed by atoms with van der Waals surface area (Å²) in [5.74, 6) is -1.89. The van der Waals surface area contributed by atoms with Crippen LogP contribution in [0.25, 0.3) is 0 Å². The Bertz CT molecular complexity index is 491. The molecule has 0 radical (unpaired) electrons. The van der Waals surface area contributed by atoms with E-state index >= 15 is 0 Å². The van der Waals surface area contributed by atoms with Crippen molar-refractivity contribution in [3.63, 3.8) is 0 Å². The first-order chi connectivity index (χ1) is 8.47. The van der Waals surface area contributed by atoms with Crippen molar-refractivity contribution in [2.75, 3.05) is 11.9 Å². The fourth-order valence-corrected chi connectivity index (χ4v) is 2.10. The van der Waals surface area contributed by atoms with Crippen LogP contribution in [0.5, 0.6) is 0 Å². The SMILES string of the molecule is C=C(C)Nc1cc(F)c([C@@H]2CNC(=O)C2)c(F)c1. The molecule has 1 aromatic carbocycles. The minimum atomic E-state index is -0.639. The lowest BCUT2D eigenvalue weighted by atomic mass is 9.96. The highest BCUT2D eigenvalue weighted by molar-refractivity contribution is 5.79. The van der Waals surface area contributed by atoms with E-state index in [1.54, 1.807) is 6.92 Å². The molecule has 1 atom stereocenters. The lowest BCUT2D eigenvalue weighted by molar-refractivity contribution is -0.119. The van der Waals surface area contributed by atoms with Gasteiger partial charge in [0.05, 0.1) is 0 Å². The number of rotatable bonds is 3. The van der Waals surface area contributed by atoms with Gasteiger partial charge >= 0.3 is 0 Å². The number of benzene rings is 1. The zero-order valence-electron chi connectivity index (χ0n) is 10.0. The first kappa shape index (κ1) is 12.5. The second kappa shape index (κ2) is 4.76. The average Bonchev–Trinajstić information content (AvgIpc) is 2.62. The van der Waals surface area contributed by atoms with Crippen molar-refractivity contribution in [3.8, 4) is 0 Å². The van der Waals surface area contributed by atoms with Gasteiger partial charge in [-0.2, -0.15) is 0 Å². The van der Waals surface area contributed by atoms with Crippen LogP contribution >= 0.6 is 0 Å². The van der Waals surface area contributed by atoms with Gasteiger partial charge < -0.3 is 10.6 Å². The lowest BCUT2D eigenvalue weighted by Gasteiger charge is -2.13. The van der Waals surface area contributed by atoms with Gasteiger partial charge in [0.25, 0.3) is 0 Å². The number of nitrogens with one attached hydrogen (secondary N) is 2. The molecule has 1 fully saturated rings. The van der Waals surface area contributed by atoms with E-state index in [1.165, 1.54) is 12.1 Å². The Hall–Kier alpha value is -1.91. The second-order valence-electron chi connectivity index (χ2n) is 4.46. The molecule has 0 aromatic heterocycles. The molecule has 1 saturated heterocycles. The molecule has 2 rings (SSSR count). The number of carbonyl (C=O) groups is 1. The third kappa shape index (κ3) is 2.50. The minimum Gasteiger partial charge on any atom is -0.360 e. The molecule has 0 unspecified atom stereocenters. The molecule has 0 bridgehead atoms. The Labute approximate surface area is 104 Å². The predicted octanol–water partition coefficient (Wildman–Crippen LogP) is 2.51. The molecule has 18 heavy (non-hydrogen) atoms. The van der Waals surface area contributed by atoms with Gasteiger partial charge in [-0.1, -0.05) is 6.58 Å². The Kier molecular flexibility index (Phi) is 3.32. The average molecular weight is 252 g/mol. The Morgan fingerprint density at radius 1 is 1.44 bits per heavy atom. The number of anilines is 1. The van der Waals surface area contributed by atoms with Crippen LogP contribution < -0.4 is 10.6 Å². The molecule has 1 aromatic rings. The van der Waals surface area contributed by atoms with Crippen LogP contribution in [0.3, 0.4) is 0 Å². The van der Waals surface area contributed by atoms with Crippen molar-refractivity contribution < 1.29 is 13.6 Å². The van der Waals surface area contributed by atoms with E-state index in [0.717, 1.165) is 0 Å². The molecule has 1 aliphatic rings. The largest absolute Gasteiger partial charge is 0.360 e. The molecule has 2 N–H and O–H groups in total. The van der Waals surface area contributed by atoms with E-state index in [4.69, 9.17) is 0 Å². The summed E-state index contributed by atoms with van der Waals surface area (Å²) in [4.78, 5) is 11.1. The number of hydrogen-bond donors (Lipinski definition) is 2. The van der Waals surface area contributed by atoms with Gasteiger partial charge in [-0.15, -0.1) is 0 Å². The van der Waals surface area contributed by atoms with Gasteiger partial charge in [-0.3, -0.25) is 4.79 Å². The zero-order chi connectivity index (χ0) is 13.3. The molecule has 5 heteroatoms. The first-order valence-electron chi connectivity index (χ1n) is 5.65. The summed E-state index contributed by atoms with van der Waals surface area (Å²) in [5.41, 5.74) is 0.887. The summed E-state index contributed by atoms with van der Waals surface area (Å²) in [6.45, 7) is 5.58.